The number of para-hydroxylation sites is 1. The van der Waals surface area contributed by atoms with Gasteiger partial charge in [0.15, 0.2) is 0 Å². The largest absolute Gasteiger partial charge is 0.506 e. The Labute approximate surface area is 210 Å². The molecule has 2 aliphatic rings. The second-order valence-corrected chi connectivity index (χ2v) is 9.80. The summed E-state index contributed by atoms with van der Waals surface area (Å²) in [5.74, 6) is -1.79. The molecular formula is C27H23F4N3O3. The maximum absolute atomic E-state index is 15.5. The van der Waals surface area contributed by atoms with Crippen LogP contribution >= 0.6 is 0 Å². The van der Waals surface area contributed by atoms with Crippen molar-refractivity contribution in [3.63, 3.8) is 0 Å². The van der Waals surface area contributed by atoms with E-state index >= 15 is 4.39 Å². The second kappa shape index (κ2) is 8.79. The van der Waals surface area contributed by atoms with E-state index in [2.05, 4.69) is 10.3 Å². The summed E-state index contributed by atoms with van der Waals surface area (Å²) >= 11 is 0. The minimum absolute atomic E-state index is 0.0225. The molecule has 10 heteroatoms. The number of carbonyl (C=O) groups excluding carboxylic acids is 1. The molecule has 0 saturated carbocycles. The molecule has 0 bridgehead atoms. The Morgan fingerprint density at radius 3 is 2.62 bits per heavy atom. The fourth-order valence-electron chi connectivity index (χ4n) is 4.64. The van der Waals surface area contributed by atoms with Crippen molar-refractivity contribution in [2.24, 2.45) is 5.41 Å². The maximum atomic E-state index is 15.5. The molecule has 0 spiro atoms. The van der Waals surface area contributed by atoms with Crippen molar-refractivity contribution in [3.8, 4) is 5.75 Å². The van der Waals surface area contributed by atoms with E-state index in [1.807, 2.05) is 13.8 Å². The lowest BCUT2D eigenvalue weighted by molar-refractivity contribution is -0.137. The van der Waals surface area contributed by atoms with Gasteiger partial charge in [0.05, 0.1) is 23.6 Å². The van der Waals surface area contributed by atoms with Crippen LogP contribution in [0.1, 0.15) is 47.9 Å². The first-order valence-corrected chi connectivity index (χ1v) is 11.5. The number of benzene rings is 2. The molecule has 2 aromatic carbocycles. The lowest BCUT2D eigenvalue weighted by Gasteiger charge is -2.38. The van der Waals surface area contributed by atoms with Crippen LogP contribution < -0.4 is 10.2 Å². The first kappa shape index (κ1) is 24.6. The molecule has 1 amide bonds. The van der Waals surface area contributed by atoms with Crippen LogP contribution in [0.5, 0.6) is 5.75 Å². The molecule has 37 heavy (non-hydrogen) atoms. The fraction of sp³-hybridized carbons (Fsp3) is 0.259. The highest BCUT2D eigenvalue weighted by Gasteiger charge is 2.43. The van der Waals surface area contributed by atoms with E-state index in [4.69, 9.17) is 4.74 Å². The smallest absolute Gasteiger partial charge is 0.416 e. The molecular weight excluding hydrogens is 490 g/mol. The van der Waals surface area contributed by atoms with Gasteiger partial charge in [-0.1, -0.05) is 32.0 Å². The van der Waals surface area contributed by atoms with E-state index in [0.29, 0.717) is 18.2 Å². The number of halogens is 4. The van der Waals surface area contributed by atoms with Crippen molar-refractivity contribution in [1.82, 2.24) is 4.98 Å². The highest BCUT2D eigenvalue weighted by molar-refractivity contribution is 6.08. The molecule has 2 N–H and O–H groups in total. The summed E-state index contributed by atoms with van der Waals surface area (Å²) in [6.45, 7) is 4.14. The number of fused-ring (bicyclic) bond motifs is 1. The van der Waals surface area contributed by atoms with Gasteiger partial charge in [0.25, 0.3) is 5.91 Å². The van der Waals surface area contributed by atoms with E-state index in [9.17, 15) is 23.1 Å². The van der Waals surface area contributed by atoms with Gasteiger partial charge in [-0.3, -0.25) is 14.7 Å². The summed E-state index contributed by atoms with van der Waals surface area (Å²) in [4.78, 5) is 19.3. The van der Waals surface area contributed by atoms with Gasteiger partial charge in [-0.15, -0.1) is 0 Å². The molecule has 1 atom stereocenters. The average molecular weight is 513 g/mol. The van der Waals surface area contributed by atoms with Gasteiger partial charge < -0.3 is 15.2 Å². The number of hydrogen-bond donors (Lipinski definition) is 2. The predicted octanol–water partition coefficient (Wildman–Crippen LogP) is 6.42. The number of nitrogens with one attached hydrogen (secondary N) is 1. The first-order valence-electron chi connectivity index (χ1n) is 11.5. The Kier molecular flexibility index (Phi) is 5.85. The molecule has 1 aromatic heterocycles. The number of amides is 1. The van der Waals surface area contributed by atoms with Crippen LogP contribution in [0.15, 0.2) is 72.3 Å². The molecule has 192 valence electrons. The zero-order valence-electron chi connectivity index (χ0n) is 19.9. The topological polar surface area (TPSA) is 74.7 Å². The number of pyridine rings is 1. The molecule has 5 rings (SSSR count). The van der Waals surface area contributed by atoms with Crippen molar-refractivity contribution < 1.29 is 32.2 Å². The number of carbonyl (C=O) groups is 1. The highest BCUT2D eigenvalue weighted by atomic mass is 19.4. The lowest BCUT2D eigenvalue weighted by Crippen LogP contribution is -2.39. The minimum atomic E-state index is -4.75. The molecule has 0 saturated heterocycles. The molecule has 0 aliphatic carbocycles. The van der Waals surface area contributed by atoms with E-state index in [-0.39, 0.29) is 46.2 Å². The quantitative estimate of drug-likeness (QED) is 0.306. The number of aromatic nitrogens is 1. The number of phenols is 1. The molecule has 6 nitrogen and oxygen atoms in total. The van der Waals surface area contributed by atoms with Gasteiger partial charge in [-0.25, -0.2) is 4.39 Å². The van der Waals surface area contributed by atoms with Gasteiger partial charge in [0.2, 0.25) is 0 Å². The van der Waals surface area contributed by atoms with Crippen LogP contribution in [0.3, 0.4) is 0 Å². The SMILES string of the molecule is CC1(C)COC2=C(C1)Nc1c(O)cccc1N(C(=O)c1ccccn1)C2c1ccc(C(F)(F)F)cc1F. The molecule has 0 fully saturated rings. The van der Waals surface area contributed by atoms with Gasteiger partial charge in [-0.2, -0.15) is 13.2 Å². The van der Waals surface area contributed by atoms with Crippen molar-refractivity contribution in [1.29, 1.82) is 0 Å². The Bertz CT molecular complexity index is 1400. The average Bonchev–Trinajstić information content (AvgIpc) is 2.98. The van der Waals surface area contributed by atoms with Crippen molar-refractivity contribution in [2.75, 3.05) is 16.8 Å². The Morgan fingerprint density at radius 1 is 1.16 bits per heavy atom. The van der Waals surface area contributed by atoms with Gasteiger partial charge in [0.1, 0.15) is 34.7 Å². The van der Waals surface area contributed by atoms with Gasteiger partial charge in [-0.05, 0) is 42.8 Å². The zero-order valence-corrected chi connectivity index (χ0v) is 19.9. The second-order valence-electron chi connectivity index (χ2n) is 9.80. The number of rotatable bonds is 2. The number of aromatic hydroxyl groups is 1. The number of nitrogens with zero attached hydrogens (tertiary/aromatic N) is 2. The van der Waals surface area contributed by atoms with Gasteiger partial charge >= 0.3 is 6.18 Å². The Hall–Kier alpha value is -4.08. The van der Waals surface area contributed by atoms with Crippen molar-refractivity contribution >= 4 is 17.3 Å². The van der Waals surface area contributed by atoms with Crippen LogP contribution in [-0.2, 0) is 10.9 Å². The number of anilines is 2. The number of phenolic OH excluding ortho intramolecular Hbond substituents is 1. The van der Waals surface area contributed by atoms with Crippen LogP contribution in [0.2, 0.25) is 0 Å². The summed E-state index contributed by atoms with van der Waals surface area (Å²) in [6.07, 6.45) is -2.91. The van der Waals surface area contributed by atoms with E-state index in [1.165, 1.54) is 29.3 Å². The summed E-state index contributed by atoms with van der Waals surface area (Å²) in [7, 11) is 0. The summed E-state index contributed by atoms with van der Waals surface area (Å²) in [5, 5.41) is 13.9. The molecule has 0 radical (unpaired) electrons. The molecule has 1 unspecified atom stereocenters. The third-order valence-corrected chi connectivity index (χ3v) is 6.36. The van der Waals surface area contributed by atoms with Gasteiger partial charge in [0, 0.05) is 17.2 Å². The molecule has 3 aromatic rings. The van der Waals surface area contributed by atoms with E-state index < -0.39 is 29.5 Å². The highest BCUT2D eigenvalue weighted by Crippen LogP contribution is 2.50. The minimum Gasteiger partial charge on any atom is -0.506 e. The predicted molar refractivity (Wildman–Crippen MR) is 128 cm³/mol. The number of hydrogen-bond acceptors (Lipinski definition) is 5. The third kappa shape index (κ3) is 4.47. The molecule has 3 heterocycles. The Balaban J connectivity index is 1.79. The van der Waals surface area contributed by atoms with Crippen LogP contribution in [0, 0.1) is 11.2 Å². The van der Waals surface area contributed by atoms with Crippen molar-refractivity contribution in [3.05, 3.63) is 94.9 Å². The van der Waals surface area contributed by atoms with E-state index in [1.54, 1.807) is 18.2 Å². The summed E-state index contributed by atoms with van der Waals surface area (Å²) in [6, 6.07) is 10.1. The maximum Gasteiger partial charge on any atom is 0.416 e. The first-order chi connectivity index (χ1) is 17.5. The standard InChI is InChI=1S/C27H23F4N3O3/c1-26(2)13-19-24(37-14-26)23(16-10-9-15(12-17(16)28)27(29,30)31)34(25(36)18-6-3-4-11-32-18)20-7-5-8-21(35)22(20)33-19/h3-12,23,33,35H,13-14H2,1-2H3. The van der Waals surface area contributed by atoms with Crippen LogP contribution in [-0.4, -0.2) is 22.6 Å². The fourth-order valence-corrected chi connectivity index (χ4v) is 4.64. The number of alkyl halides is 3. The number of allylic oxidation sites excluding steroid dienone is 1. The summed E-state index contributed by atoms with van der Waals surface area (Å²) < 4.78 is 61.6. The van der Waals surface area contributed by atoms with Crippen molar-refractivity contribution in [2.45, 2.75) is 32.5 Å². The lowest BCUT2D eigenvalue weighted by atomic mass is 9.85. The molecule has 2 aliphatic heterocycles. The van der Waals surface area contributed by atoms with E-state index in [0.717, 1.165) is 12.1 Å². The zero-order chi connectivity index (χ0) is 26.5. The Morgan fingerprint density at radius 2 is 1.95 bits per heavy atom. The van der Waals surface area contributed by atoms with Crippen LogP contribution in [0.25, 0.3) is 0 Å². The normalized spacial score (nSPS) is 18.8. The monoisotopic (exact) mass is 513 g/mol. The third-order valence-electron chi connectivity index (χ3n) is 6.36. The number of ether oxygens (including phenoxy) is 1. The summed E-state index contributed by atoms with van der Waals surface area (Å²) in [5.41, 5.74) is -0.802. The van der Waals surface area contributed by atoms with Crippen LogP contribution in [0.4, 0.5) is 28.9 Å².